The van der Waals surface area contributed by atoms with E-state index < -0.39 is 6.10 Å². The summed E-state index contributed by atoms with van der Waals surface area (Å²) in [4.78, 5) is 3.69. The molecular formula is C6H12N2O. The van der Waals surface area contributed by atoms with Crippen molar-refractivity contribution in [3.63, 3.8) is 0 Å². The van der Waals surface area contributed by atoms with Crippen LogP contribution in [0.25, 0.3) is 0 Å². The fourth-order valence-electron chi connectivity index (χ4n) is 0.439. The molecule has 0 radical (unpaired) electrons. The standard InChI is InChI=1S/C6H12N2O/c1-5(9)6(3-7)4-8-2/h3-5,9H,7H2,1-2H3. The number of aliphatic hydroxyl groups is 1. The molecule has 52 valence electrons. The van der Waals surface area contributed by atoms with E-state index in [1.165, 1.54) is 12.4 Å². The highest BCUT2D eigenvalue weighted by Crippen LogP contribution is 1.94. The van der Waals surface area contributed by atoms with Crippen LogP contribution in [0.4, 0.5) is 0 Å². The third-order valence-corrected chi connectivity index (χ3v) is 0.953. The highest BCUT2D eigenvalue weighted by atomic mass is 16.3. The van der Waals surface area contributed by atoms with Crippen molar-refractivity contribution in [2.75, 3.05) is 7.05 Å². The fraction of sp³-hybridized carbons (Fsp3) is 0.500. The number of aliphatic hydroxyl groups excluding tert-OH is 1. The number of nitrogens with two attached hydrogens (primary N) is 1. The summed E-state index contributed by atoms with van der Waals surface area (Å²) < 4.78 is 0. The van der Waals surface area contributed by atoms with Gasteiger partial charge in [-0.1, -0.05) is 0 Å². The molecule has 0 bridgehead atoms. The molecule has 0 aromatic heterocycles. The van der Waals surface area contributed by atoms with Gasteiger partial charge in [-0.3, -0.25) is 4.99 Å². The first-order valence-electron chi connectivity index (χ1n) is 2.74. The van der Waals surface area contributed by atoms with Gasteiger partial charge in [0.25, 0.3) is 0 Å². The van der Waals surface area contributed by atoms with Gasteiger partial charge in [0.15, 0.2) is 0 Å². The van der Waals surface area contributed by atoms with E-state index in [1.807, 2.05) is 0 Å². The smallest absolute Gasteiger partial charge is 0.0790 e. The minimum absolute atomic E-state index is 0.529. The molecule has 9 heavy (non-hydrogen) atoms. The third kappa shape index (κ3) is 2.87. The number of aliphatic imine (C=N–C) groups is 1. The van der Waals surface area contributed by atoms with Gasteiger partial charge < -0.3 is 10.8 Å². The van der Waals surface area contributed by atoms with Crippen molar-refractivity contribution in [2.24, 2.45) is 10.7 Å². The molecule has 0 heterocycles. The van der Waals surface area contributed by atoms with Crippen molar-refractivity contribution in [1.29, 1.82) is 0 Å². The molecule has 0 amide bonds. The van der Waals surface area contributed by atoms with Gasteiger partial charge >= 0.3 is 0 Å². The second-order valence-electron chi connectivity index (χ2n) is 1.73. The minimum atomic E-state index is -0.529. The molecule has 3 heteroatoms. The molecule has 3 nitrogen and oxygen atoms in total. The lowest BCUT2D eigenvalue weighted by molar-refractivity contribution is 0.238. The Balaban J connectivity index is 4.01. The van der Waals surface area contributed by atoms with Crippen molar-refractivity contribution in [1.82, 2.24) is 0 Å². The van der Waals surface area contributed by atoms with Crippen LogP contribution < -0.4 is 5.73 Å². The quantitative estimate of drug-likeness (QED) is 0.510. The van der Waals surface area contributed by atoms with Crippen LogP contribution in [0.2, 0.25) is 0 Å². The maximum absolute atomic E-state index is 8.90. The molecule has 0 fully saturated rings. The maximum atomic E-state index is 8.90. The molecule has 0 aliphatic rings. The summed E-state index contributed by atoms with van der Waals surface area (Å²) in [6.45, 7) is 1.64. The van der Waals surface area contributed by atoms with Crippen LogP contribution in [-0.4, -0.2) is 24.5 Å². The molecule has 1 atom stereocenters. The van der Waals surface area contributed by atoms with Crippen molar-refractivity contribution < 1.29 is 5.11 Å². The third-order valence-electron chi connectivity index (χ3n) is 0.953. The van der Waals surface area contributed by atoms with Crippen LogP contribution in [0.5, 0.6) is 0 Å². The molecule has 0 aliphatic carbocycles. The lowest BCUT2D eigenvalue weighted by atomic mass is 10.2. The predicted molar refractivity (Wildman–Crippen MR) is 38.4 cm³/mol. The van der Waals surface area contributed by atoms with Gasteiger partial charge in [0, 0.05) is 25.0 Å². The zero-order valence-corrected chi connectivity index (χ0v) is 5.70. The summed E-state index contributed by atoms with van der Waals surface area (Å²) in [5, 5.41) is 8.90. The van der Waals surface area contributed by atoms with Crippen LogP contribution in [0.15, 0.2) is 16.8 Å². The van der Waals surface area contributed by atoms with E-state index in [0.29, 0.717) is 5.57 Å². The summed E-state index contributed by atoms with van der Waals surface area (Å²) in [6, 6.07) is 0. The Labute approximate surface area is 54.9 Å². The Morgan fingerprint density at radius 3 is 2.44 bits per heavy atom. The monoisotopic (exact) mass is 128 g/mol. The highest BCUT2D eigenvalue weighted by molar-refractivity contribution is 5.79. The Kier molecular flexibility index (Phi) is 3.71. The molecule has 0 spiro atoms. The first-order valence-corrected chi connectivity index (χ1v) is 2.74. The lowest BCUT2D eigenvalue weighted by Crippen LogP contribution is -2.07. The largest absolute Gasteiger partial charge is 0.404 e. The molecule has 3 N–H and O–H groups in total. The van der Waals surface area contributed by atoms with Crippen molar-refractivity contribution in [3.05, 3.63) is 11.8 Å². The second-order valence-corrected chi connectivity index (χ2v) is 1.73. The van der Waals surface area contributed by atoms with E-state index in [-0.39, 0.29) is 0 Å². The van der Waals surface area contributed by atoms with Crippen LogP contribution in [0.3, 0.4) is 0 Å². The molecular weight excluding hydrogens is 116 g/mol. The van der Waals surface area contributed by atoms with Gasteiger partial charge in [0.2, 0.25) is 0 Å². The number of hydrogen-bond acceptors (Lipinski definition) is 3. The zero-order valence-electron chi connectivity index (χ0n) is 5.70. The predicted octanol–water partition coefficient (Wildman–Crippen LogP) is -0.0896. The van der Waals surface area contributed by atoms with Gasteiger partial charge in [-0.2, -0.15) is 0 Å². The maximum Gasteiger partial charge on any atom is 0.0790 e. The van der Waals surface area contributed by atoms with Gasteiger partial charge in [-0.05, 0) is 6.92 Å². The normalized spacial score (nSPS) is 16.6. The average molecular weight is 128 g/mol. The van der Waals surface area contributed by atoms with Crippen molar-refractivity contribution in [3.8, 4) is 0 Å². The SMILES string of the molecule is CN=CC(=CN)C(C)O. The Bertz CT molecular complexity index is 127. The summed E-state index contributed by atoms with van der Waals surface area (Å²) in [5.41, 5.74) is 5.78. The summed E-state index contributed by atoms with van der Waals surface area (Å²) in [6.07, 6.45) is 2.35. The van der Waals surface area contributed by atoms with Crippen LogP contribution >= 0.6 is 0 Å². The van der Waals surface area contributed by atoms with E-state index in [9.17, 15) is 0 Å². The molecule has 0 aromatic rings. The first kappa shape index (κ1) is 8.17. The fourth-order valence-corrected chi connectivity index (χ4v) is 0.439. The Morgan fingerprint density at radius 1 is 1.78 bits per heavy atom. The van der Waals surface area contributed by atoms with Crippen LogP contribution in [0, 0.1) is 0 Å². The Hall–Kier alpha value is -0.830. The molecule has 0 rings (SSSR count). The zero-order chi connectivity index (χ0) is 7.28. The summed E-state index contributed by atoms with van der Waals surface area (Å²) in [7, 11) is 1.63. The number of nitrogens with zero attached hydrogens (tertiary/aromatic N) is 1. The number of hydrogen-bond donors (Lipinski definition) is 2. The van der Waals surface area contributed by atoms with Gasteiger partial charge in [0.05, 0.1) is 6.10 Å². The van der Waals surface area contributed by atoms with Crippen molar-refractivity contribution >= 4 is 6.21 Å². The topological polar surface area (TPSA) is 58.6 Å². The molecule has 1 unspecified atom stereocenters. The molecule has 0 saturated heterocycles. The van der Waals surface area contributed by atoms with Gasteiger partial charge in [0.1, 0.15) is 0 Å². The molecule has 0 saturated carbocycles. The van der Waals surface area contributed by atoms with Gasteiger partial charge in [-0.15, -0.1) is 0 Å². The minimum Gasteiger partial charge on any atom is -0.404 e. The van der Waals surface area contributed by atoms with E-state index in [1.54, 1.807) is 14.0 Å². The van der Waals surface area contributed by atoms with Crippen LogP contribution in [-0.2, 0) is 0 Å². The lowest BCUT2D eigenvalue weighted by Gasteiger charge is -2.00. The van der Waals surface area contributed by atoms with E-state index in [2.05, 4.69) is 4.99 Å². The van der Waals surface area contributed by atoms with E-state index in [4.69, 9.17) is 10.8 Å². The highest BCUT2D eigenvalue weighted by Gasteiger charge is 1.97. The van der Waals surface area contributed by atoms with Crippen LogP contribution in [0.1, 0.15) is 6.92 Å². The molecule has 0 aliphatic heterocycles. The van der Waals surface area contributed by atoms with E-state index >= 15 is 0 Å². The summed E-state index contributed by atoms with van der Waals surface area (Å²) in [5.74, 6) is 0. The van der Waals surface area contributed by atoms with E-state index in [0.717, 1.165) is 0 Å². The Morgan fingerprint density at radius 2 is 2.33 bits per heavy atom. The second kappa shape index (κ2) is 4.09. The summed E-state index contributed by atoms with van der Waals surface area (Å²) >= 11 is 0. The average Bonchev–Trinajstić information content (AvgIpc) is 1.82. The number of rotatable bonds is 2. The van der Waals surface area contributed by atoms with Crippen molar-refractivity contribution in [2.45, 2.75) is 13.0 Å². The molecule has 0 aromatic carbocycles. The van der Waals surface area contributed by atoms with Gasteiger partial charge in [-0.25, -0.2) is 0 Å². The first-order chi connectivity index (χ1) is 4.22.